The number of halogens is 2. The molecule has 6 heteroatoms. The zero-order chi connectivity index (χ0) is 16.9. The highest BCUT2D eigenvalue weighted by Crippen LogP contribution is 2.23. The molecule has 1 atom stereocenters. The van der Waals surface area contributed by atoms with Crippen molar-refractivity contribution in [3.8, 4) is 0 Å². The fourth-order valence-electron chi connectivity index (χ4n) is 3.25. The van der Waals surface area contributed by atoms with Gasteiger partial charge in [-0.3, -0.25) is 4.79 Å². The first kappa shape index (κ1) is 16.6. The van der Waals surface area contributed by atoms with Crippen LogP contribution in [0.5, 0.6) is 0 Å². The summed E-state index contributed by atoms with van der Waals surface area (Å²) in [6.07, 6.45) is 8.44. The van der Waals surface area contributed by atoms with Gasteiger partial charge in [0, 0.05) is 31.5 Å². The van der Waals surface area contributed by atoms with Crippen LogP contribution < -0.4 is 0 Å². The number of imidazole rings is 1. The molecule has 0 aliphatic carbocycles. The summed E-state index contributed by atoms with van der Waals surface area (Å²) in [5, 5.41) is 0. The van der Waals surface area contributed by atoms with E-state index in [4.69, 9.17) is 0 Å². The number of hydrogen-bond donors (Lipinski definition) is 0. The van der Waals surface area contributed by atoms with E-state index in [1.807, 2.05) is 4.90 Å². The Morgan fingerprint density at radius 2 is 2.21 bits per heavy atom. The van der Waals surface area contributed by atoms with Crippen molar-refractivity contribution in [2.45, 2.75) is 32.2 Å². The summed E-state index contributed by atoms with van der Waals surface area (Å²) in [7, 11) is 0. The van der Waals surface area contributed by atoms with E-state index in [1.54, 1.807) is 23.3 Å². The fraction of sp³-hybridized carbons (Fsp3) is 0.444. The topological polar surface area (TPSA) is 38.1 Å². The van der Waals surface area contributed by atoms with E-state index in [9.17, 15) is 13.6 Å². The van der Waals surface area contributed by atoms with E-state index in [-0.39, 0.29) is 5.91 Å². The largest absolute Gasteiger partial charge is 0.341 e. The van der Waals surface area contributed by atoms with Gasteiger partial charge >= 0.3 is 0 Å². The molecular formula is C18H21F2N3O. The van der Waals surface area contributed by atoms with Gasteiger partial charge in [0.15, 0.2) is 0 Å². The summed E-state index contributed by atoms with van der Waals surface area (Å²) in [6, 6.07) is 3.73. The zero-order valence-corrected chi connectivity index (χ0v) is 13.5. The van der Waals surface area contributed by atoms with Crippen LogP contribution in [0.25, 0.3) is 0 Å². The molecule has 1 unspecified atom stereocenters. The second-order valence-electron chi connectivity index (χ2n) is 6.36. The van der Waals surface area contributed by atoms with E-state index >= 15 is 0 Å². The van der Waals surface area contributed by atoms with Crippen LogP contribution in [0.1, 0.15) is 24.8 Å². The SMILES string of the molecule is O=C(Cn1ccnc1)N1CCCC(CCc2ccc(F)cc2F)C1. The first-order valence-electron chi connectivity index (χ1n) is 8.29. The fourth-order valence-corrected chi connectivity index (χ4v) is 3.25. The van der Waals surface area contributed by atoms with Crippen LogP contribution in [0.15, 0.2) is 36.9 Å². The van der Waals surface area contributed by atoms with Gasteiger partial charge in [-0.2, -0.15) is 0 Å². The predicted molar refractivity (Wildman–Crippen MR) is 86.2 cm³/mol. The van der Waals surface area contributed by atoms with E-state index in [2.05, 4.69) is 4.98 Å². The Bertz CT molecular complexity index is 688. The Labute approximate surface area is 140 Å². The molecule has 1 fully saturated rings. The standard InChI is InChI=1S/C18H21F2N3O/c19-16-6-5-15(17(20)10-16)4-3-14-2-1-8-23(11-14)18(24)12-22-9-7-21-13-22/h5-7,9-10,13-14H,1-4,8,11-12H2. The van der Waals surface area contributed by atoms with E-state index in [0.29, 0.717) is 31.0 Å². The van der Waals surface area contributed by atoms with Crippen LogP contribution in [-0.2, 0) is 17.8 Å². The molecule has 1 aromatic carbocycles. The lowest BCUT2D eigenvalue weighted by atomic mass is 9.91. The second kappa shape index (κ2) is 7.55. The van der Waals surface area contributed by atoms with Gasteiger partial charge in [0.2, 0.25) is 5.91 Å². The van der Waals surface area contributed by atoms with Gasteiger partial charge in [0.05, 0.1) is 6.33 Å². The van der Waals surface area contributed by atoms with Gasteiger partial charge in [0.1, 0.15) is 18.2 Å². The van der Waals surface area contributed by atoms with Crippen LogP contribution in [0.3, 0.4) is 0 Å². The molecular weight excluding hydrogens is 312 g/mol. The van der Waals surface area contributed by atoms with E-state index < -0.39 is 11.6 Å². The van der Waals surface area contributed by atoms with Crippen molar-refractivity contribution in [3.63, 3.8) is 0 Å². The molecule has 4 nitrogen and oxygen atoms in total. The molecule has 1 amide bonds. The van der Waals surface area contributed by atoms with Crippen LogP contribution in [0.2, 0.25) is 0 Å². The summed E-state index contributed by atoms with van der Waals surface area (Å²) < 4.78 is 28.4. The maximum Gasteiger partial charge on any atom is 0.242 e. The highest BCUT2D eigenvalue weighted by molar-refractivity contribution is 5.76. The average molecular weight is 333 g/mol. The number of carbonyl (C=O) groups is 1. The van der Waals surface area contributed by atoms with Crippen molar-refractivity contribution in [1.29, 1.82) is 0 Å². The van der Waals surface area contributed by atoms with E-state index in [0.717, 1.165) is 31.9 Å². The monoisotopic (exact) mass is 333 g/mol. The molecule has 1 saturated heterocycles. The van der Waals surface area contributed by atoms with Crippen molar-refractivity contribution in [2.24, 2.45) is 5.92 Å². The lowest BCUT2D eigenvalue weighted by molar-refractivity contribution is -0.133. The lowest BCUT2D eigenvalue weighted by Crippen LogP contribution is -2.41. The number of likely N-dealkylation sites (tertiary alicyclic amines) is 1. The molecule has 0 radical (unpaired) electrons. The second-order valence-corrected chi connectivity index (χ2v) is 6.36. The Kier molecular flexibility index (Phi) is 5.23. The molecule has 3 rings (SSSR count). The molecule has 2 heterocycles. The van der Waals surface area contributed by atoms with Crippen molar-refractivity contribution >= 4 is 5.91 Å². The molecule has 0 saturated carbocycles. The van der Waals surface area contributed by atoms with Crippen LogP contribution in [0, 0.1) is 17.6 Å². The van der Waals surface area contributed by atoms with Gasteiger partial charge in [0.25, 0.3) is 0 Å². The van der Waals surface area contributed by atoms with Crippen molar-refractivity contribution in [2.75, 3.05) is 13.1 Å². The van der Waals surface area contributed by atoms with Crippen molar-refractivity contribution in [1.82, 2.24) is 14.5 Å². The number of benzene rings is 1. The Morgan fingerprint density at radius 1 is 1.33 bits per heavy atom. The molecule has 1 aliphatic rings. The summed E-state index contributed by atoms with van der Waals surface area (Å²) >= 11 is 0. The number of aromatic nitrogens is 2. The van der Waals surface area contributed by atoms with Gasteiger partial charge in [-0.15, -0.1) is 0 Å². The Morgan fingerprint density at radius 3 is 2.96 bits per heavy atom. The highest BCUT2D eigenvalue weighted by Gasteiger charge is 2.23. The van der Waals surface area contributed by atoms with E-state index in [1.165, 1.54) is 12.1 Å². The molecule has 128 valence electrons. The lowest BCUT2D eigenvalue weighted by Gasteiger charge is -2.33. The van der Waals surface area contributed by atoms with Crippen LogP contribution in [-0.4, -0.2) is 33.4 Å². The zero-order valence-electron chi connectivity index (χ0n) is 13.5. The quantitative estimate of drug-likeness (QED) is 0.843. The third-order valence-electron chi connectivity index (χ3n) is 4.59. The Hall–Kier alpha value is -2.24. The minimum absolute atomic E-state index is 0.0886. The summed E-state index contributed by atoms with van der Waals surface area (Å²) in [4.78, 5) is 18.2. The number of nitrogens with zero attached hydrogens (tertiary/aromatic N) is 3. The number of amides is 1. The highest BCUT2D eigenvalue weighted by atomic mass is 19.1. The maximum absolute atomic E-state index is 13.7. The Balaban J connectivity index is 1.52. The van der Waals surface area contributed by atoms with Gasteiger partial charge in [-0.1, -0.05) is 6.07 Å². The minimum Gasteiger partial charge on any atom is -0.341 e. The molecule has 1 aromatic heterocycles. The van der Waals surface area contributed by atoms with Crippen LogP contribution >= 0.6 is 0 Å². The van der Waals surface area contributed by atoms with Crippen LogP contribution in [0.4, 0.5) is 8.78 Å². The first-order chi connectivity index (χ1) is 11.6. The smallest absolute Gasteiger partial charge is 0.242 e. The molecule has 0 spiro atoms. The van der Waals surface area contributed by atoms with Crippen molar-refractivity contribution < 1.29 is 13.6 Å². The summed E-state index contributed by atoms with van der Waals surface area (Å²) in [6.45, 7) is 1.78. The summed E-state index contributed by atoms with van der Waals surface area (Å²) in [5.41, 5.74) is 0.540. The molecule has 24 heavy (non-hydrogen) atoms. The molecule has 2 aromatic rings. The third kappa shape index (κ3) is 4.19. The first-order valence-corrected chi connectivity index (χ1v) is 8.29. The van der Waals surface area contributed by atoms with Crippen molar-refractivity contribution in [3.05, 3.63) is 54.1 Å². The number of aryl methyl sites for hydroxylation is 1. The molecule has 1 aliphatic heterocycles. The van der Waals surface area contributed by atoms with Gasteiger partial charge < -0.3 is 9.47 Å². The minimum atomic E-state index is -0.551. The third-order valence-corrected chi connectivity index (χ3v) is 4.59. The number of carbonyl (C=O) groups excluding carboxylic acids is 1. The number of hydrogen-bond acceptors (Lipinski definition) is 2. The molecule has 0 bridgehead atoms. The number of rotatable bonds is 5. The van der Waals surface area contributed by atoms with Gasteiger partial charge in [-0.05, 0) is 43.2 Å². The predicted octanol–water partition coefficient (Wildman–Crippen LogP) is 3.03. The number of piperidine rings is 1. The average Bonchev–Trinajstić information content (AvgIpc) is 3.07. The van der Waals surface area contributed by atoms with Gasteiger partial charge in [-0.25, -0.2) is 13.8 Å². The molecule has 0 N–H and O–H groups in total. The maximum atomic E-state index is 13.7. The normalized spacial score (nSPS) is 17.9. The summed E-state index contributed by atoms with van der Waals surface area (Å²) in [5.74, 6) is -0.593.